The summed E-state index contributed by atoms with van der Waals surface area (Å²) in [6.45, 7) is 1.87. The van der Waals surface area contributed by atoms with Gasteiger partial charge in [-0.05, 0) is 24.6 Å². The summed E-state index contributed by atoms with van der Waals surface area (Å²) in [5, 5.41) is 2.00. The zero-order valence-electron chi connectivity index (χ0n) is 13.6. The van der Waals surface area contributed by atoms with Gasteiger partial charge in [0.25, 0.3) is 0 Å². The second-order valence-corrected chi connectivity index (χ2v) is 7.45. The van der Waals surface area contributed by atoms with E-state index in [-0.39, 0.29) is 12.4 Å². The number of benzene rings is 2. The highest BCUT2D eigenvalue weighted by atomic mass is 32.2. The minimum atomic E-state index is -0.449. The predicted molar refractivity (Wildman–Crippen MR) is 98.4 cm³/mol. The summed E-state index contributed by atoms with van der Waals surface area (Å²) >= 11 is 3.17. The molecule has 128 valence electrons. The lowest BCUT2D eigenvalue weighted by Gasteiger charge is -2.09. The topological polar surface area (TPSA) is 39.2 Å². The smallest absolute Gasteiger partial charge is 0.338 e. The summed E-state index contributed by atoms with van der Waals surface area (Å²) < 4.78 is 19.9. The Hall–Kier alpha value is -2.18. The van der Waals surface area contributed by atoms with Crippen LogP contribution in [0.5, 0.6) is 0 Å². The molecule has 1 aromatic heterocycles. The average molecular weight is 373 g/mol. The molecular formula is C19H16FNO2S2. The van der Waals surface area contributed by atoms with E-state index in [0.717, 1.165) is 15.6 Å². The van der Waals surface area contributed by atoms with Gasteiger partial charge in [-0.3, -0.25) is 0 Å². The molecule has 0 amide bonds. The number of ether oxygens (including phenoxy) is 1. The van der Waals surface area contributed by atoms with E-state index in [1.807, 2.05) is 24.4 Å². The summed E-state index contributed by atoms with van der Waals surface area (Å²) in [6, 6.07) is 13.6. The van der Waals surface area contributed by atoms with Gasteiger partial charge in [0.05, 0.1) is 5.56 Å². The van der Waals surface area contributed by atoms with Crippen LogP contribution in [0.4, 0.5) is 4.39 Å². The van der Waals surface area contributed by atoms with E-state index in [9.17, 15) is 9.18 Å². The zero-order chi connectivity index (χ0) is 17.6. The fourth-order valence-corrected chi connectivity index (χ4v) is 4.07. The van der Waals surface area contributed by atoms with Gasteiger partial charge < -0.3 is 4.74 Å². The first-order chi connectivity index (χ1) is 12.1. The van der Waals surface area contributed by atoms with Crippen molar-refractivity contribution >= 4 is 29.1 Å². The first-order valence-electron chi connectivity index (χ1n) is 7.67. The lowest BCUT2D eigenvalue weighted by Crippen LogP contribution is -2.08. The van der Waals surface area contributed by atoms with Crippen LogP contribution < -0.4 is 0 Å². The van der Waals surface area contributed by atoms with Gasteiger partial charge >= 0.3 is 5.97 Å². The van der Waals surface area contributed by atoms with Gasteiger partial charge in [0.15, 0.2) is 0 Å². The SMILES string of the molecule is Cc1csc(SCc2ccccc2C(=O)OCc2ccccc2F)n1. The Bertz CT molecular complexity index is 879. The van der Waals surface area contributed by atoms with Gasteiger partial charge in [-0.15, -0.1) is 11.3 Å². The molecule has 0 aliphatic heterocycles. The molecule has 0 saturated heterocycles. The number of carbonyl (C=O) groups is 1. The summed E-state index contributed by atoms with van der Waals surface area (Å²) in [6.07, 6.45) is 0. The highest BCUT2D eigenvalue weighted by Gasteiger charge is 2.14. The molecule has 3 nitrogen and oxygen atoms in total. The molecule has 0 unspecified atom stereocenters. The molecule has 2 aromatic carbocycles. The van der Waals surface area contributed by atoms with Crippen molar-refractivity contribution in [1.29, 1.82) is 0 Å². The number of aromatic nitrogens is 1. The maximum Gasteiger partial charge on any atom is 0.338 e. The maximum atomic E-state index is 13.6. The molecule has 0 saturated carbocycles. The number of esters is 1. The minimum Gasteiger partial charge on any atom is -0.457 e. The maximum absolute atomic E-state index is 13.6. The number of hydrogen-bond acceptors (Lipinski definition) is 5. The molecule has 0 spiro atoms. The monoisotopic (exact) mass is 373 g/mol. The summed E-state index contributed by atoms with van der Waals surface area (Å²) in [4.78, 5) is 16.8. The molecule has 0 radical (unpaired) electrons. The third-order valence-electron chi connectivity index (χ3n) is 3.50. The van der Waals surface area contributed by atoms with Crippen LogP contribution in [-0.2, 0) is 17.1 Å². The third-order valence-corrected chi connectivity index (χ3v) is 5.69. The molecule has 0 atom stereocenters. The summed E-state index contributed by atoms with van der Waals surface area (Å²) in [7, 11) is 0. The summed E-state index contributed by atoms with van der Waals surface area (Å²) in [5.41, 5.74) is 2.73. The Morgan fingerprint density at radius 1 is 1.16 bits per heavy atom. The van der Waals surface area contributed by atoms with Crippen molar-refractivity contribution in [2.24, 2.45) is 0 Å². The van der Waals surface area contributed by atoms with E-state index in [4.69, 9.17) is 4.74 Å². The second kappa shape index (κ2) is 8.27. The van der Waals surface area contributed by atoms with Crippen molar-refractivity contribution in [3.8, 4) is 0 Å². The molecule has 1 heterocycles. The minimum absolute atomic E-state index is 0.0847. The Balaban J connectivity index is 1.67. The van der Waals surface area contributed by atoms with Gasteiger partial charge in [-0.1, -0.05) is 48.2 Å². The Morgan fingerprint density at radius 3 is 2.60 bits per heavy atom. The molecule has 3 aromatic rings. The van der Waals surface area contributed by atoms with Gasteiger partial charge in [0.2, 0.25) is 0 Å². The molecule has 6 heteroatoms. The largest absolute Gasteiger partial charge is 0.457 e. The number of nitrogens with zero attached hydrogens (tertiary/aromatic N) is 1. The normalized spacial score (nSPS) is 10.6. The van der Waals surface area contributed by atoms with Crippen LogP contribution in [-0.4, -0.2) is 11.0 Å². The van der Waals surface area contributed by atoms with Gasteiger partial charge in [0.1, 0.15) is 16.8 Å². The fourth-order valence-electron chi connectivity index (χ4n) is 2.22. The lowest BCUT2D eigenvalue weighted by atomic mass is 10.1. The standard InChI is InChI=1S/C19H16FNO2S2/c1-13-11-24-19(21-13)25-12-15-7-2-4-8-16(15)18(22)23-10-14-6-3-5-9-17(14)20/h2-9,11H,10,12H2,1H3. The molecule has 0 aliphatic carbocycles. The van der Waals surface area contributed by atoms with Crippen molar-refractivity contribution in [3.63, 3.8) is 0 Å². The van der Waals surface area contributed by atoms with E-state index in [1.165, 1.54) is 6.07 Å². The fraction of sp³-hybridized carbons (Fsp3) is 0.158. The summed E-state index contributed by atoms with van der Waals surface area (Å²) in [5.74, 6) is -0.203. The zero-order valence-corrected chi connectivity index (χ0v) is 15.2. The molecular weight excluding hydrogens is 357 g/mol. The van der Waals surface area contributed by atoms with Crippen molar-refractivity contribution in [1.82, 2.24) is 4.98 Å². The molecule has 25 heavy (non-hydrogen) atoms. The Labute approximate surface area is 153 Å². The van der Waals surface area contributed by atoms with Crippen molar-refractivity contribution in [3.05, 3.63) is 82.1 Å². The first-order valence-corrected chi connectivity index (χ1v) is 9.53. The van der Waals surface area contributed by atoms with Crippen LogP contribution in [0.15, 0.2) is 58.3 Å². The highest BCUT2D eigenvalue weighted by molar-refractivity contribution is 8.00. The third kappa shape index (κ3) is 4.67. The van der Waals surface area contributed by atoms with Crippen LogP contribution in [0, 0.1) is 12.7 Å². The first kappa shape index (κ1) is 17.6. The number of carbonyl (C=O) groups excluding carboxylic acids is 1. The van der Waals surface area contributed by atoms with Crippen LogP contribution >= 0.6 is 23.1 Å². The van der Waals surface area contributed by atoms with Crippen molar-refractivity contribution < 1.29 is 13.9 Å². The molecule has 0 fully saturated rings. The van der Waals surface area contributed by atoms with E-state index in [1.54, 1.807) is 53.4 Å². The number of thioether (sulfide) groups is 1. The van der Waals surface area contributed by atoms with Crippen LogP contribution in [0.2, 0.25) is 0 Å². The molecule has 0 N–H and O–H groups in total. The van der Waals surface area contributed by atoms with Gasteiger partial charge in [0, 0.05) is 22.4 Å². The number of hydrogen-bond donors (Lipinski definition) is 0. The Kier molecular flexibility index (Phi) is 5.83. The second-order valence-electron chi connectivity index (χ2n) is 5.37. The van der Waals surface area contributed by atoms with E-state index in [2.05, 4.69) is 4.98 Å². The van der Waals surface area contributed by atoms with E-state index < -0.39 is 5.97 Å². The predicted octanol–water partition coefficient (Wildman–Crippen LogP) is 5.24. The van der Waals surface area contributed by atoms with Crippen molar-refractivity contribution in [2.45, 2.75) is 23.6 Å². The lowest BCUT2D eigenvalue weighted by molar-refractivity contribution is 0.0468. The molecule has 0 bridgehead atoms. The van der Waals surface area contributed by atoms with Gasteiger partial charge in [-0.2, -0.15) is 0 Å². The van der Waals surface area contributed by atoms with Crippen molar-refractivity contribution in [2.75, 3.05) is 0 Å². The number of halogens is 1. The number of aryl methyl sites for hydroxylation is 1. The van der Waals surface area contributed by atoms with E-state index in [0.29, 0.717) is 16.9 Å². The van der Waals surface area contributed by atoms with Crippen LogP contribution in [0.3, 0.4) is 0 Å². The van der Waals surface area contributed by atoms with Gasteiger partial charge in [-0.25, -0.2) is 14.2 Å². The number of thiazole rings is 1. The number of rotatable bonds is 6. The molecule has 0 aliphatic rings. The molecule has 3 rings (SSSR count). The quantitative estimate of drug-likeness (QED) is 0.437. The van der Waals surface area contributed by atoms with E-state index >= 15 is 0 Å². The van der Waals surface area contributed by atoms with Crippen LogP contribution in [0.25, 0.3) is 0 Å². The average Bonchev–Trinajstić information content (AvgIpc) is 3.04. The highest BCUT2D eigenvalue weighted by Crippen LogP contribution is 2.27. The Morgan fingerprint density at radius 2 is 1.88 bits per heavy atom. The van der Waals surface area contributed by atoms with Crippen LogP contribution in [0.1, 0.15) is 27.2 Å².